The third kappa shape index (κ3) is 5.00. The van der Waals surface area contributed by atoms with E-state index in [1.165, 1.54) is 0 Å². The van der Waals surface area contributed by atoms with Crippen molar-refractivity contribution in [3.63, 3.8) is 0 Å². The van der Waals surface area contributed by atoms with Crippen LogP contribution in [0.25, 0.3) is 0 Å². The van der Waals surface area contributed by atoms with Crippen molar-refractivity contribution in [1.82, 2.24) is 5.32 Å². The van der Waals surface area contributed by atoms with Crippen molar-refractivity contribution in [2.45, 2.75) is 32.7 Å². The summed E-state index contributed by atoms with van der Waals surface area (Å²) in [5.74, 6) is -1.46. The number of rotatable bonds is 8. The van der Waals surface area contributed by atoms with Crippen LogP contribution < -0.4 is 5.32 Å². The van der Waals surface area contributed by atoms with Crippen LogP contribution in [0.2, 0.25) is 0 Å². The molecule has 0 aliphatic heterocycles. The highest BCUT2D eigenvalue weighted by Gasteiger charge is 2.25. The van der Waals surface area contributed by atoms with Gasteiger partial charge in [-0.15, -0.1) is 0 Å². The van der Waals surface area contributed by atoms with Gasteiger partial charge in [-0.25, -0.2) is 4.79 Å². The lowest BCUT2D eigenvalue weighted by atomic mass is 10.1. The van der Waals surface area contributed by atoms with E-state index in [0.29, 0.717) is 12.8 Å². The summed E-state index contributed by atoms with van der Waals surface area (Å²) in [5.41, 5.74) is -1.45. The normalized spacial score (nSPS) is 11.4. The predicted octanol–water partition coefficient (Wildman–Crippen LogP) is 1.96. The molecule has 1 amide bonds. The van der Waals surface area contributed by atoms with Gasteiger partial charge in [-0.3, -0.25) is 25.0 Å². The topological polar surface area (TPSA) is 142 Å². The zero-order valence-electron chi connectivity index (χ0n) is 13.2. The van der Waals surface area contributed by atoms with Crippen LogP contribution in [0.15, 0.2) is 18.2 Å². The van der Waals surface area contributed by atoms with Crippen molar-refractivity contribution < 1.29 is 24.2 Å². The van der Waals surface area contributed by atoms with Gasteiger partial charge in [0, 0.05) is 12.1 Å². The Labute approximate surface area is 137 Å². The number of nitrogens with one attached hydrogen (secondary N) is 1. The molecule has 0 fully saturated rings. The van der Waals surface area contributed by atoms with Gasteiger partial charge >= 0.3 is 5.97 Å². The maximum atomic E-state index is 12.2. The van der Waals surface area contributed by atoms with Crippen molar-refractivity contribution in [2.24, 2.45) is 0 Å². The van der Waals surface area contributed by atoms with E-state index in [2.05, 4.69) is 5.32 Å². The number of hydrogen-bond acceptors (Lipinski definition) is 7. The van der Waals surface area contributed by atoms with E-state index in [-0.39, 0.29) is 12.2 Å². The SMILES string of the molecule is CCCC(NC(=O)c1cc([N+](=O)[O-])cc([N+](=O)[O-])c1)C(=O)OCC. The lowest BCUT2D eigenvalue weighted by molar-refractivity contribution is -0.394. The summed E-state index contributed by atoms with van der Waals surface area (Å²) in [7, 11) is 0. The number of hydrogen-bond donors (Lipinski definition) is 1. The molecular formula is C14H17N3O7. The molecule has 0 aromatic heterocycles. The Morgan fingerprint density at radius 2 is 1.67 bits per heavy atom. The van der Waals surface area contributed by atoms with Crippen LogP contribution in [0.3, 0.4) is 0 Å². The molecule has 0 saturated carbocycles. The molecule has 0 aliphatic carbocycles. The van der Waals surface area contributed by atoms with Gasteiger partial charge < -0.3 is 10.1 Å². The minimum absolute atomic E-state index is 0.136. The minimum atomic E-state index is -0.930. The molecule has 1 N–H and O–H groups in total. The third-order valence-corrected chi connectivity index (χ3v) is 3.04. The standard InChI is InChI=1S/C14H17N3O7/c1-3-5-12(14(19)24-4-2)15-13(18)9-6-10(16(20)21)8-11(7-9)17(22)23/h6-8,12H,3-5H2,1-2H3,(H,15,18). The summed E-state index contributed by atoms with van der Waals surface area (Å²) in [5, 5.41) is 24.1. The number of nitro benzene ring substituents is 2. The summed E-state index contributed by atoms with van der Waals surface area (Å²) < 4.78 is 4.85. The Morgan fingerprint density at radius 1 is 1.12 bits per heavy atom. The first-order chi connectivity index (χ1) is 11.3. The van der Waals surface area contributed by atoms with E-state index in [0.717, 1.165) is 18.2 Å². The van der Waals surface area contributed by atoms with Gasteiger partial charge in [0.15, 0.2) is 0 Å². The number of benzene rings is 1. The number of non-ortho nitro benzene ring substituents is 2. The fourth-order valence-corrected chi connectivity index (χ4v) is 1.96. The lowest BCUT2D eigenvalue weighted by Crippen LogP contribution is -2.41. The van der Waals surface area contributed by atoms with Gasteiger partial charge in [-0.05, 0) is 13.3 Å². The number of nitrogens with zero attached hydrogens (tertiary/aromatic N) is 2. The molecule has 1 aromatic carbocycles. The molecule has 10 nitrogen and oxygen atoms in total. The smallest absolute Gasteiger partial charge is 0.328 e. The van der Waals surface area contributed by atoms with Gasteiger partial charge in [0.2, 0.25) is 0 Å². The second-order valence-electron chi connectivity index (χ2n) is 4.82. The fraction of sp³-hybridized carbons (Fsp3) is 0.429. The Morgan fingerprint density at radius 3 is 2.08 bits per heavy atom. The quantitative estimate of drug-likeness (QED) is 0.433. The molecule has 10 heteroatoms. The Bertz CT molecular complexity index is 628. The van der Waals surface area contributed by atoms with Gasteiger partial charge in [0.05, 0.1) is 28.1 Å². The van der Waals surface area contributed by atoms with Crippen LogP contribution in [0.1, 0.15) is 37.0 Å². The van der Waals surface area contributed by atoms with Crippen LogP contribution in [0, 0.1) is 20.2 Å². The molecule has 0 saturated heterocycles. The molecule has 1 aromatic rings. The predicted molar refractivity (Wildman–Crippen MR) is 82.5 cm³/mol. The van der Waals surface area contributed by atoms with Crippen molar-refractivity contribution in [2.75, 3.05) is 6.61 Å². The highest BCUT2D eigenvalue weighted by molar-refractivity contribution is 5.97. The first-order valence-electron chi connectivity index (χ1n) is 7.21. The number of carbonyl (C=O) groups is 2. The van der Waals surface area contributed by atoms with Crippen LogP contribution in [-0.4, -0.2) is 34.4 Å². The number of amides is 1. The number of ether oxygens (including phenoxy) is 1. The summed E-state index contributed by atoms with van der Waals surface area (Å²) >= 11 is 0. The molecule has 1 rings (SSSR count). The molecule has 1 unspecified atom stereocenters. The summed E-state index contributed by atoms with van der Waals surface area (Å²) in [6.07, 6.45) is 0.889. The Kier molecular flexibility index (Phi) is 6.78. The van der Waals surface area contributed by atoms with E-state index in [1.54, 1.807) is 13.8 Å². The van der Waals surface area contributed by atoms with E-state index >= 15 is 0 Å². The Hall–Kier alpha value is -3.04. The highest BCUT2D eigenvalue weighted by atomic mass is 16.6. The summed E-state index contributed by atoms with van der Waals surface area (Å²) in [4.78, 5) is 44.0. The average Bonchev–Trinajstić information content (AvgIpc) is 2.53. The molecule has 0 bridgehead atoms. The zero-order chi connectivity index (χ0) is 18.3. The van der Waals surface area contributed by atoms with Crippen molar-refractivity contribution in [3.8, 4) is 0 Å². The van der Waals surface area contributed by atoms with Crippen LogP contribution in [0.4, 0.5) is 11.4 Å². The van der Waals surface area contributed by atoms with E-state index in [4.69, 9.17) is 4.74 Å². The maximum absolute atomic E-state index is 12.2. The first kappa shape index (κ1) is 19.0. The highest BCUT2D eigenvalue weighted by Crippen LogP contribution is 2.22. The van der Waals surface area contributed by atoms with Gasteiger partial charge in [-0.1, -0.05) is 13.3 Å². The van der Waals surface area contributed by atoms with Crippen molar-refractivity contribution in [1.29, 1.82) is 0 Å². The second-order valence-corrected chi connectivity index (χ2v) is 4.82. The van der Waals surface area contributed by atoms with Crippen LogP contribution >= 0.6 is 0 Å². The number of carbonyl (C=O) groups excluding carboxylic acids is 2. The zero-order valence-corrected chi connectivity index (χ0v) is 13.2. The molecule has 1 atom stereocenters. The number of nitro groups is 2. The molecule has 0 aliphatic rings. The molecule has 0 spiro atoms. The van der Waals surface area contributed by atoms with Gasteiger partial charge in [0.1, 0.15) is 6.04 Å². The van der Waals surface area contributed by atoms with E-state index in [9.17, 15) is 29.8 Å². The molecule has 0 radical (unpaired) electrons. The average molecular weight is 339 g/mol. The number of esters is 1. The van der Waals surface area contributed by atoms with Crippen LogP contribution in [-0.2, 0) is 9.53 Å². The lowest BCUT2D eigenvalue weighted by Gasteiger charge is -2.16. The molecule has 24 heavy (non-hydrogen) atoms. The second kappa shape index (κ2) is 8.56. The maximum Gasteiger partial charge on any atom is 0.328 e. The Balaban J connectivity index is 3.10. The fourth-order valence-electron chi connectivity index (χ4n) is 1.96. The molecule has 130 valence electrons. The monoisotopic (exact) mass is 339 g/mol. The molecular weight excluding hydrogens is 322 g/mol. The first-order valence-corrected chi connectivity index (χ1v) is 7.21. The largest absolute Gasteiger partial charge is 0.464 e. The van der Waals surface area contributed by atoms with Crippen molar-refractivity contribution >= 4 is 23.3 Å². The molecule has 0 heterocycles. The summed E-state index contributed by atoms with van der Waals surface area (Å²) in [6, 6.07) is 1.65. The van der Waals surface area contributed by atoms with E-state index in [1.807, 2.05) is 0 Å². The van der Waals surface area contributed by atoms with Crippen LogP contribution in [0.5, 0.6) is 0 Å². The van der Waals surface area contributed by atoms with Crippen molar-refractivity contribution in [3.05, 3.63) is 44.0 Å². The van der Waals surface area contributed by atoms with Gasteiger partial charge in [-0.2, -0.15) is 0 Å². The minimum Gasteiger partial charge on any atom is -0.464 e. The van der Waals surface area contributed by atoms with Gasteiger partial charge in [0.25, 0.3) is 17.3 Å². The third-order valence-electron chi connectivity index (χ3n) is 3.04. The van der Waals surface area contributed by atoms with E-state index < -0.39 is 39.1 Å². The summed E-state index contributed by atoms with van der Waals surface area (Å²) in [6.45, 7) is 3.56.